The molecule has 1 nitrogen and oxygen atoms in total. The van der Waals surface area contributed by atoms with Crippen LogP contribution in [0.5, 0.6) is 0 Å². The van der Waals surface area contributed by atoms with Gasteiger partial charge in [0.05, 0.1) is 0 Å². The molecule has 7 heavy (non-hydrogen) atoms. The van der Waals surface area contributed by atoms with Crippen molar-refractivity contribution in [2.75, 3.05) is 0 Å². The van der Waals surface area contributed by atoms with Gasteiger partial charge in [-0.15, -0.1) is 0 Å². The Bertz CT molecular complexity index is 32.9. The summed E-state index contributed by atoms with van der Waals surface area (Å²) in [5.74, 6) is 0. The standard InChI is InChI=1S/C4H8O.Al.Ti.3H/c1-2-3-4-5;;;;;/h4H,2-3H2,1H3;;;;;. The molecule has 0 aliphatic carbocycles. The molecule has 0 saturated carbocycles. The van der Waals surface area contributed by atoms with Gasteiger partial charge in [0.25, 0.3) is 0 Å². The Morgan fingerprint density at radius 1 is 1.57 bits per heavy atom. The minimum Gasteiger partial charge on any atom is -0.303 e. The first-order valence-electron chi connectivity index (χ1n) is 1.85. The van der Waals surface area contributed by atoms with Crippen LogP contribution >= 0.6 is 0 Å². The van der Waals surface area contributed by atoms with Crippen molar-refractivity contribution >= 4 is 23.6 Å². The summed E-state index contributed by atoms with van der Waals surface area (Å²) >= 11 is 0. The first-order chi connectivity index (χ1) is 2.41. The summed E-state index contributed by atoms with van der Waals surface area (Å²) in [6.45, 7) is 1.98. The molecule has 0 N–H and O–H groups in total. The van der Waals surface area contributed by atoms with Crippen LogP contribution in [0.4, 0.5) is 0 Å². The minimum absolute atomic E-state index is 0. The summed E-state index contributed by atoms with van der Waals surface area (Å²) in [5.41, 5.74) is 0. The van der Waals surface area contributed by atoms with Crippen molar-refractivity contribution in [2.24, 2.45) is 0 Å². The molecule has 0 fully saturated rings. The van der Waals surface area contributed by atoms with E-state index in [0.717, 1.165) is 12.7 Å². The second-order valence-corrected chi connectivity index (χ2v) is 0.955. The van der Waals surface area contributed by atoms with E-state index in [4.69, 9.17) is 0 Å². The largest absolute Gasteiger partial charge is 0.303 e. The van der Waals surface area contributed by atoms with E-state index in [-0.39, 0.29) is 39.1 Å². The SMILES string of the molecule is CCCC=O.[AlH3].[Ti]. The molecule has 0 aromatic rings. The zero-order valence-corrected chi connectivity index (χ0v) is 5.46. The van der Waals surface area contributed by atoms with Crippen LogP contribution in [-0.2, 0) is 26.5 Å². The number of carbonyl (C=O) groups excluding carboxylic acids is 1. The first kappa shape index (κ1) is 15.7. The third-order valence-corrected chi connectivity index (χ3v) is 0.407. The normalized spacial score (nSPS) is 5.29. The van der Waals surface area contributed by atoms with Crippen molar-refractivity contribution in [1.29, 1.82) is 0 Å². The van der Waals surface area contributed by atoms with Crippen molar-refractivity contribution in [3.05, 3.63) is 0 Å². The molecule has 0 aliphatic heterocycles. The molecule has 0 saturated heterocycles. The smallest absolute Gasteiger partial charge is 0.187 e. The fourth-order valence-corrected chi connectivity index (χ4v) is 0.118. The van der Waals surface area contributed by atoms with Gasteiger partial charge in [-0.3, -0.25) is 0 Å². The van der Waals surface area contributed by atoms with Crippen LogP contribution in [0.2, 0.25) is 0 Å². The molecule has 0 spiro atoms. The van der Waals surface area contributed by atoms with E-state index in [1.165, 1.54) is 0 Å². The molecule has 0 amide bonds. The fourth-order valence-electron chi connectivity index (χ4n) is 0.118. The van der Waals surface area contributed by atoms with Crippen molar-refractivity contribution in [3.8, 4) is 0 Å². The van der Waals surface area contributed by atoms with E-state index >= 15 is 0 Å². The molecule has 0 aromatic carbocycles. The molecule has 0 unspecified atom stereocenters. The Morgan fingerprint density at radius 2 is 2.00 bits per heavy atom. The van der Waals surface area contributed by atoms with E-state index in [1.54, 1.807) is 0 Å². The van der Waals surface area contributed by atoms with Gasteiger partial charge < -0.3 is 4.79 Å². The van der Waals surface area contributed by atoms with Crippen LogP contribution in [0.1, 0.15) is 19.8 Å². The van der Waals surface area contributed by atoms with Gasteiger partial charge in [0, 0.05) is 28.1 Å². The van der Waals surface area contributed by atoms with Gasteiger partial charge in [0.15, 0.2) is 17.4 Å². The predicted molar refractivity (Wildman–Crippen MR) is 30.9 cm³/mol. The van der Waals surface area contributed by atoms with Gasteiger partial charge in [0.1, 0.15) is 6.29 Å². The molecule has 0 bridgehead atoms. The molecule has 0 radical (unpaired) electrons. The van der Waals surface area contributed by atoms with Crippen LogP contribution in [0.25, 0.3) is 0 Å². The predicted octanol–water partition coefficient (Wildman–Crippen LogP) is -0.201. The van der Waals surface area contributed by atoms with Crippen LogP contribution in [0.15, 0.2) is 0 Å². The van der Waals surface area contributed by atoms with Gasteiger partial charge in [-0.2, -0.15) is 0 Å². The second kappa shape index (κ2) is 15.8. The summed E-state index contributed by atoms with van der Waals surface area (Å²) in [4.78, 5) is 9.40. The number of hydrogen-bond donors (Lipinski definition) is 0. The summed E-state index contributed by atoms with van der Waals surface area (Å²) in [5, 5.41) is 0. The topological polar surface area (TPSA) is 17.1 Å². The number of aldehydes is 1. The molecule has 0 aromatic heterocycles. The Labute approximate surface area is 69.9 Å². The van der Waals surface area contributed by atoms with E-state index in [1.807, 2.05) is 6.92 Å². The molecule has 0 heterocycles. The molecule has 0 aliphatic rings. The molecule has 0 atom stereocenters. The fraction of sp³-hybridized carbons (Fsp3) is 0.750. The monoisotopic (exact) mass is 150 g/mol. The van der Waals surface area contributed by atoms with Crippen molar-refractivity contribution in [1.82, 2.24) is 0 Å². The van der Waals surface area contributed by atoms with E-state index < -0.39 is 0 Å². The van der Waals surface area contributed by atoms with Crippen LogP contribution < -0.4 is 0 Å². The van der Waals surface area contributed by atoms with Crippen molar-refractivity contribution in [2.45, 2.75) is 19.8 Å². The third-order valence-electron chi connectivity index (χ3n) is 0.407. The summed E-state index contributed by atoms with van der Waals surface area (Å²) in [7, 11) is 0. The summed E-state index contributed by atoms with van der Waals surface area (Å²) in [6.07, 6.45) is 2.61. The Morgan fingerprint density at radius 3 is 2.00 bits per heavy atom. The number of carbonyl (C=O) groups is 1. The maximum absolute atomic E-state index is 9.40. The summed E-state index contributed by atoms with van der Waals surface area (Å²) in [6, 6.07) is 0. The van der Waals surface area contributed by atoms with Crippen LogP contribution in [0, 0.1) is 0 Å². The Kier molecular flexibility index (Phi) is 35.3. The first-order valence-corrected chi connectivity index (χ1v) is 1.85. The van der Waals surface area contributed by atoms with Gasteiger partial charge in [-0.1, -0.05) is 6.92 Å². The van der Waals surface area contributed by atoms with Gasteiger partial charge in [-0.25, -0.2) is 0 Å². The van der Waals surface area contributed by atoms with E-state index in [2.05, 4.69) is 0 Å². The number of unbranched alkanes of at least 4 members (excludes halogenated alkanes) is 1. The third kappa shape index (κ3) is 19.7. The second-order valence-electron chi connectivity index (χ2n) is 0.955. The van der Waals surface area contributed by atoms with Crippen molar-refractivity contribution in [3.63, 3.8) is 0 Å². The molecular weight excluding hydrogens is 139 g/mol. The molecule has 0 rings (SSSR count). The quantitative estimate of drug-likeness (QED) is 0.393. The van der Waals surface area contributed by atoms with Crippen LogP contribution in [0.3, 0.4) is 0 Å². The Hall–Kier alpha value is 0.917. The van der Waals surface area contributed by atoms with Crippen LogP contribution in [-0.4, -0.2) is 23.6 Å². The Balaban J connectivity index is -0.0000000800. The molecular formula is C4H11AlOTi. The van der Waals surface area contributed by atoms with Gasteiger partial charge in [0.2, 0.25) is 0 Å². The van der Waals surface area contributed by atoms with Gasteiger partial charge in [-0.05, 0) is 6.42 Å². The average molecular weight is 150 g/mol. The minimum atomic E-state index is 0. The number of hydrogen-bond acceptors (Lipinski definition) is 1. The molecule has 3 heteroatoms. The maximum Gasteiger partial charge on any atom is 0.187 e. The summed E-state index contributed by atoms with van der Waals surface area (Å²) < 4.78 is 0. The maximum atomic E-state index is 9.40. The van der Waals surface area contributed by atoms with Gasteiger partial charge >= 0.3 is 0 Å². The van der Waals surface area contributed by atoms with E-state index in [9.17, 15) is 4.79 Å². The number of rotatable bonds is 2. The molecule has 40 valence electrons. The van der Waals surface area contributed by atoms with Crippen molar-refractivity contribution < 1.29 is 26.5 Å². The average Bonchev–Trinajstić information content (AvgIpc) is 1.41. The zero-order chi connectivity index (χ0) is 4.12. The zero-order valence-electron chi connectivity index (χ0n) is 3.90. The van der Waals surface area contributed by atoms with E-state index in [0.29, 0.717) is 6.42 Å².